The summed E-state index contributed by atoms with van der Waals surface area (Å²) in [5.74, 6) is -4.38. The van der Waals surface area contributed by atoms with Crippen molar-refractivity contribution in [3.8, 4) is 0 Å². The number of aromatic carboxylic acids is 1. The summed E-state index contributed by atoms with van der Waals surface area (Å²) in [6.07, 6.45) is 1.25. The van der Waals surface area contributed by atoms with Crippen LogP contribution in [0.25, 0.3) is 0 Å². The second-order valence-corrected chi connectivity index (χ2v) is 5.20. The maximum absolute atomic E-state index is 13.0. The third kappa shape index (κ3) is 4.21. The fourth-order valence-electron chi connectivity index (χ4n) is 2.29. The smallest absolute Gasteiger partial charge is 0.354 e. The number of halogens is 2. The molecule has 0 radical (unpaired) electrons. The van der Waals surface area contributed by atoms with E-state index in [2.05, 4.69) is 10.3 Å². The molecule has 5 nitrogen and oxygen atoms in total. The molecule has 7 heteroatoms. The summed E-state index contributed by atoms with van der Waals surface area (Å²) in [6, 6.07) is 2.91. The van der Waals surface area contributed by atoms with Crippen LogP contribution < -0.4 is 5.32 Å². The van der Waals surface area contributed by atoms with Gasteiger partial charge in [-0.1, -0.05) is 6.07 Å². The lowest BCUT2D eigenvalue weighted by Gasteiger charge is -2.27. The number of aromatic nitrogens is 1. The van der Waals surface area contributed by atoms with Crippen molar-refractivity contribution in [1.82, 2.24) is 10.3 Å². The Labute approximate surface area is 120 Å². The number of carbonyl (C=O) groups excluding carboxylic acids is 1. The van der Waals surface area contributed by atoms with Crippen LogP contribution in [-0.4, -0.2) is 27.9 Å². The summed E-state index contributed by atoms with van der Waals surface area (Å²) in [7, 11) is 0. The minimum Gasteiger partial charge on any atom is -0.477 e. The normalized spacial score (nSPS) is 18.2. The Morgan fingerprint density at radius 2 is 2.00 bits per heavy atom. The largest absolute Gasteiger partial charge is 0.477 e. The highest BCUT2D eigenvalue weighted by molar-refractivity contribution is 5.85. The number of pyridine rings is 1. The van der Waals surface area contributed by atoms with E-state index >= 15 is 0 Å². The van der Waals surface area contributed by atoms with E-state index in [4.69, 9.17) is 5.11 Å². The standard InChI is InChI=1S/C14H16F2N2O3/c15-14(16)5-3-10(4-6-14)12(19)18-8-9-1-2-11(13(20)21)17-7-9/h1-2,7,10H,3-6,8H2,(H,18,19)(H,20,21). The van der Waals surface area contributed by atoms with E-state index in [-0.39, 0.29) is 49.7 Å². The molecule has 0 aliphatic heterocycles. The first-order chi connectivity index (χ1) is 9.87. The van der Waals surface area contributed by atoms with Crippen LogP contribution in [0.4, 0.5) is 8.78 Å². The van der Waals surface area contributed by atoms with Crippen LogP contribution in [0.15, 0.2) is 18.3 Å². The Morgan fingerprint density at radius 1 is 1.33 bits per heavy atom. The van der Waals surface area contributed by atoms with Crippen LogP contribution >= 0.6 is 0 Å². The lowest BCUT2D eigenvalue weighted by Crippen LogP contribution is -2.35. The molecule has 0 unspecified atom stereocenters. The molecular formula is C14H16F2N2O3. The zero-order chi connectivity index (χ0) is 15.5. The Morgan fingerprint density at radius 3 is 2.52 bits per heavy atom. The molecule has 2 rings (SSSR count). The number of hydrogen-bond donors (Lipinski definition) is 2. The van der Waals surface area contributed by atoms with Crippen molar-refractivity contribution in [1.29, 1.82) is 0 Å². The van der Waals surface area contributed by atoms with Gasteiger partial charge < -0.3 is 10.4 Å². The van der Waals surface area contributed by atoms with Crippen molar-refractivity contribution in [2.24, 2.45) is 5.92 Å². The van der Waals surface area contributed by atoms with Gasteiger partial charge >= 0.3 is 5.97 Å². The number of carboxylic acid groups (broad SMARTS) is 1. The molecule has 1 saturated carbocycles. The predicted octanol–water partition coefficient (Wildman–Crippen LogP) is 2.22. The van der Waals surface area contributed by atoms with Gasteiger partial charge in [-0.3, -0.25) is 4.79 Å². The Hall–Kier alpha value is -2.05. The third-order valence-electron chi connectivity index (χ3n) is 3.60. The van der Waals surface area contributed by atoms with Crippen molar-refractivity contribution < 1.29 is 23.5 Å². The zero-order valence-corrected chi connectivity index (χ0v) is 11.3. The van der Waals surface area contributed by atoms with Gasteiger partial charge in [0.05, 0.1) is 0 Å². The average molecular weight is 298 g/mol. The van der Waals surface area contributed by atoms with Crippen molar-refractivity contribution in [2.45, 2.75) is 38.2 Å². The van der Waals surface area contributed by atoms with E-state index in [1.165, 1.54) is 12.3 Å². The molecule has 0 atom stereocenters. The lowest BCUT2D eigenvalue weighted by molar-refractivity contribution is -0.129. The minimum atomic E-state index is -2.65. The van der Waals surface area contributed by atoms with Gasteiger partial charge in [-0.2, -0.15) is 0 Å². The van der Waals surface area contributed by atoms with Crippen LogP contribution in [0.3, 0.4) is 0 Å². The fourth-order valence-corrected chi connectivity index (χ4v) is 2.29. The van der Waals surface area contributed by atoms with Crippen LogP contribution in [0.2, 0.25) is 0 Å². The monoisotopic (exact) mass is 298 g/mol. The molecule has 0 spiro atoms. The highest BCUT2D eigenvalue weighted by Crippen LogP contribution is 2.36. The number of carboxylic acids is 1. The van der Waals surface area contributed by atoms with E-state index < -0.39 is 11.9 Å². The van der Waals surface area contributed by atoms with Crippen molar-refractivity contribution in [2.75, 3.05) is 0 Å². The van der Waals surface area contributed by atoms with Gasteiger partial charge in [-0.05, 0) is 24.5 Å². The number of alkyl halides is 2. The van der Waals surface area contributed by atoms with Gasteiger partial charge in [-0.15, -0.1) is 0 Å². The van der Waals surface area contributed by atoms with E-state index in [1.807, 2.05) is 0 Å². The highest BCUT2D eigenvalue weighted by Gasteiger charge is 2.37. The molecule has 0 bridgehead atoms. The van der Waals surface area contributed by atoms with Crippen LogP contribution in [-0.2, 0) is 11.3 Å². The van der Waals surface area contributed by atoms with Gasteiger partial charge in [-0.25, -0.2) is 18.6 Å². The molecule has 1 aromatic rings. The second kappa shape index (κ2) is 6.15. The molecule has 1 heterocycles. The Balaban J connectivity index is 1.82. The third-order valence-corrected chi connectivity index (χ3v) is 3.60. The zero-order valence-electron chi connectivity index (χ0n) is 11.3. The quantitative estimate of drug-likeness (QED) is 0.893. The van der Waals surface area contributed by atoms with Crippen molar-refractivity contribution >= 4 is 11.9 Å². The van der Waals surface area contributed by atoms with E-state index in [0.717, 1.165) is 0 Å². The summed E-state index contributed by atoms with van der Waals surface area (Å²) in [5.41, 5.74) is 0.592. The van der Waals surface area contributed by atoms with Gasteiger partial charge in [0.2, 0.25) is 11.8 Å². The maximum atomic E-state index is 13.0. The molecule has 1 amide bonds. The number of nitrogens with zero attached hydrogens (tertiary/aromatic N) is 1. The topological polar surface area (TPSA) is 79.3 Å². The summed E-state index contributed by atoms with van der Waals surface area (Å²) >= 11 is 0. The molecule has 1 aromatic heterocycles. The molecule has 21 heavy (non-hydrogen) atoms. The summed E-state index contributed by atoms with van der Waals surface area (Å²) < 4.78 is 26.0. The van der Waals surface area contributed by atoms with Crippen LogP contribution in [0, 0.1) is 5.92 Å². The summed E-state index contributed by atoms with van der Waals surface area (Å²) in [4.78, 5) is 26.3. The molecule has 0 saturated heterocycles. The van der Waals surface area contributed by atoms with E-state index in [9.17, 15) is 18.4 Å². The number of carbonyl (C=O) groups is 2. The number of nitrogens with one attached hydrogen (secondary N) is 1. The van der Waals surface area contributed by atoms with Crippen LogP contribution in [0.1, 0.15) is 41.7 Å². The SMILES string of the molecule is O=C(O)c1ccc(CNC(=O)C2CCC(F)(F)CC2)cn1. The number of rotatable bonds is 4. The molecule has 1 aliphatic carbocycles. The lowest BCUT2D eigenvalue weighted by atomic mass is 9.86. The van der Waals surface area contributed by atoms with Gasteiger partial charge in [0.1, 0.15) is 5.69 Å². The summed E-state index contributed by atoms with van der Waals surface area (Å²) in [5, 5.41) is 11.4. The Kier molecular flexibility index (Phi) is 4.50. The number of hydrogen-bond acceptors (Lipinski definition) is 3. The molecule has 0 aromatic carbocycles. The highest BCUT2D eigenvalue weighted by atomic mass is 19.3. The van der Waals surface area contributed by atoms with Gasteiger partial charge in [0.15, 0.2) is 0 Å². The van der Waals surface area contributed by atoms with Gasteiger partial charge in [0.25, 0.3) is 0 Å². The first kappa shape index (κ1) is 15.3. The second-order valence-electron chi connectivity index (χ2n) is 5.20. The Bertz CT molecular complexity index is 522. The molecule has 1 fully saturated rings. The van der Waals surface area contributed by atoms with Crippen LogP contribution in [0.5, 0.6) is 0 Å². The fraction of sp³-hybridized carbons (Fsp3) is 0.500. The summed E-state index contributed by atoms with van der Waals surface area (Å²) in [6.45, 7) is 0.207. The van der Waals surface area contributed by atoms with Gasteiger partial charge in [0, 0.05) is 31.5 Å². The molecule has 2 N–H and O–H groups in total. The molecule has 114 valence electrons. The minimum absolute atomic E-state index is 0.0698. The first-order valence-corrected chi connectivity index (χ1v) is 6.71. The number of amides is 1. The molecule has 1 aliphatic rings. The van der Waals surface area contributed by atoms with Crippen molar-refractivity contribution in [3.63, 3.8) is 0 Å². The van der Waals surface area contributed by atoms with E-state index in [0.29, 0.717) is 5.56 Å². The van der Waals surface area contributed by atoms with Crippen molar-refractivity contribution in [3.05, 3.63) is 29.6 Å². The average Bonchev–Trinajstić information content (AvgIpc) is 2.45. The molecular weight excluding hydrogens is 282 g/mol. The predicted molar refractivity (Wildman–Crippen MR) is 69.9 cm³/mol. The first-order valence-electron chi connectivity index (χ1n) is 6.71. The van der Waals surface area contributed by atoms with E-state index in [1.54, 1.807) is 6.07 Å². The maximum Gasteiger partial charge on any atom is 0.354 e.